The van der Waals surface area contributed by atoms with Crippen LogP contribution in [-0.2, 0) is 0 Å². The Bertz CT molecular complexity index is 360. The molecule has 1 atom stereocenters. The Morgan fingerprint density at radius 2 is 2.19 bits per heavy atom. The smallest absolute Gasteiger partial charge is 0.0389 e. The van der Waals surface area contributed by atoms with E-state index in [1.807, 2.05) is 0 Å². The van der Waals surface area contributed by atoms with Gasteiger partial charge in [-0.05, 0) is 50.3 Å². The molecule has 2 nitrogen and oxygen atoms in total. The number of nitrogen functional groups attached to an aromatic ring is 1. The summed E-state index contributed by atoms with van der Waals surface area (Å²) in [7, 11) is 0. The predicted octanol–water partition coefficient (Wildman–Crippen LogP) is 3.35. The van der Waals surface area contributed by atoms with Gasteiger partial charge in [-0.25, -0.2) is 0 Å². The largest absolute Gasteiger partial charge is 0.398 e. The van der Waals surface area contributed by atoms with Crippen LogP contribution in [0, 0.1) is 6.92 Å². The van der Waals surface area contributed by atoms with E-state index in [2.05, 4.69) is 36.9 Å². The highest BCUT2D eigenvalue weighted by atomic mass is 15.2. The molecular weight excluding hydrogens is 196 g/mol. The Morgan fingerprint density at radius 3 is 2.88 bits per heavy atom. The van der Waals surface area contributed by atoms with Crippen LogP contribution in [0.5, 0.6) is 0 Å². The number of anilines is 2. The van der Waals surface area contributed by atoms with Gasteiger partial charge in [0, 0.05) is 24.0 Å². The lowest BCUT2D eigenvalue weighted by molar-refractivity contribution is 0.450. The third kappa shape index (κ3) is 2.16. The maximum Gasteiger partial charge on any atom is 0.0389 e. The number of nitrogens with zero attached hydrogens (tertiary/aromatic N) is 1. The van der Waals surface area contributed by atoms with Crippen LogP contribution in [0.4, 0.5) is 11.4 Å². The summed E-state index contributed by atoms with van der Waals surface area (Å²) in [6.45, 7) is 5.52. The van der Waals surface area contributed by atoms with Gasteiger partial charge in [0.2, 0.25) is 0 Å². The van der Waals surface area contributed by atoms with Gasteiger partial charge in [0.25, 0.3) is 0 Å². The van der Waals surface area contributed by atoms with Crippen molar-refractivity contribution in [1.82, 2.24) is 0 Å². The summed E-state index contributed by atoms with van der Waals surface area (Å²) in [6.07, 6.45) is 5.23. The van der Waals surface area contributed by atoms with Crippen molar-refractivity contribution >= 4 is 11.4 Å². The normalized spacial score (nSPS) is 21.1. The Hall–Kier alpha value is -1.18. The molecule has 0 aliphatic carbocycles. The van der Waals surface area contributed by atoms with Gasteiger partial charge in [-0.2, -0.15) is 0 Å². The number of benzene rings is 1. The lowest BCUT2D eigenvalue weighted by atomic mass is 9.99. The van der Waals surface area contributed by atoms with E-state index in [1.54, 1.807) is 0 Å². The van der Waals surface area contributed by atoms with E-state index in [1.165, 1.54) is 43.5 Å². The first kappa shape index (κ1) is 11.3. The molecule has 0 spiro atoms. The topological polar surface area (TPSA) is 29.3 Å². The lowest BCUT2D eigenvalue weighted by Gasteiger charge is -2.37. The van der Waals surface area contributed by atoms with Crippen LogP contribution in [0.2, 0.25) is 0 Å². The van der Waals surface area contributed by atoms with Crippen LogP contribution < -0.4 is 10.6 Å². The molecule has 0 radical (unpaired) electrons. The zero-order valence-corrected chi connectivity index (χ0v) is 10.4. The van der Waals surface area contributed by atoms with Crippen LogP contribution in [-0.4, -0.2) is 12.6 Å². The zero-order valence-electron chi connectivity index (χ0n) is 10.4. The van der Waals surface area contributed by atoms with Crippen LogP contribution in [0.3, 0.4) is 0 Å². The highest BCUT2D eigenvalue weighted by molar-refractivity contribution is 5.60. The van der Waals surface area contributed by atoms with Crippen LogP contribution in [0.15, 0.2) is 18.2 Å². The average molecular weight is 218 g/mol. The molecule has 16 heavy (non-hydrogen) atoms. The standard InChI is InChI=1S/C14H22N2/c1-3-12-6-4-5-9-16(12)13-8-7-11(2)14(15)10-13/h7-8,10,12H,3-6,9,15H2,1-2H3. The molecule has 2 rings (SSSR count). The molecule has 1 fully saturated rings. The molecule has 1 saturated heterocycles. The van der Waals surface area contributed by atoms with E-state index in [4.69, 9.17) is 5.73 Å². The molecule has 88 valence electrons. The van der Waals surface area contributed by atoms with Crippen molar-refractivity contribution in [2.24, 2.45) is 0 Å². The lowest BCUT2D eigenvalue weighted by Crippen LogP contribution is -2.39. The van der Waals surface area contributed by atoms with E-state index in [-0.39, 0.29) is 0 Å². The molecule has 0 bridgehead atoms. The third-order valence-electron chi connectivity index (χ3n) is 3.69. The second-order valence-electron chi connectivity index (χ2n) is 4.79. The second-order valence-corrected chi connectivity index (χ2v) is 4.79. The molecule has 0 aromatic heterocycles. The van der Waals surface area contributed by atoms with Gasteiger partial charge >= 0.3 is 0 Å². The van der Waals surface area contributed by atoms with Crippen LogP contribution in [0.25, 0.3) is 0 Å². The van der Waals surface area contributed by atoms with Crippen molar-refractivity contribution in [1.29, 1.82) is 0 Å². The quantitative estimate of drug-likeness (QED) is 0.771. The predicted molar refractivity (Wildman–Crippen MR) is 70.9 cm³/mol. The van der Waals surface area contributed by atoms with Crippen molar-refractivity contribution in [3.05, 3.63) is 23.8 Å². The third-order valence-corrected chi connectivity index (χ3v) is 3.69. The first-order valence-corrected chi connectivity index (χ1v) is 6.35. The summed E-state index contributed by atoms with van der Waals surface area (Å²) in [5.41, 5.74) is 9.38. The van der Waals surface area contributed by atoms with E-state index in [0.29, 0.717) is 6.04 Å². The monoisotopic (exact) mass is 218 g/mol. The van der Waals surface area contributed by atoms with Gasteiger partial charge < -0.3 is 10.6 Å². The van der Waals surface area contributed by atoms with Crippen molar-refractivity contribution in [2.75, 3.05) is 17.2 Å². The number of nitrogens with two attached hydrogens (primary N) is 1. The average Bonchev–Trinajstić information content (AvgIpc) is 2.32. The fourth-order valence-corrected chi connectivity index (χ4v) is 2.57. The van der Waals surface area contributed by atoms with Gasteiger partial charge in [-0.3, -0.25) is 0 Å². The Balaban J connectivity index is 2.23. The van der Waals surface area contributed by atoms with Crippen molar-refractivity contribution < 1.29 is 0 Å². The maximum absolute atomic E-state index is 5.99. The molecule has 0 saturated carbocycles. The minimum absolute atomic E-state index is 0.704. The summed E-state index contributed by atoms with van der Waals surface area (Å²) in [6, 6.07) is 7.17. The highest BCUT2D eigenvalue weighted by Gasteiger charge is 2.21. The maximum atomic E-state index is 5.99. The Kier molecular flexibility index (Phi) is 3.37. The van der Waals surface area contributed by atoms with Crippen molar-refractivity contribution in [3.63, 3.8) is 0 Å². The highest BCUT2D eigenvalue weighted by Crippen LogP contribution is 2.28. The number of hydrogen-bond acceptors (Lipinski definition) is 2. The Morgan fingerprint density at radius 1 is 1.38 bits per heavy atom. The molecule has 1 unspecified atom stereocenters. The summed E-state index contributed by atoms with van der Waals surface area (Å²) in [5, 5.41) is 0. The van der Waals surface area contributed by atoms with Crippen LogP contribution >= 0.6 is 0 Å². The van der Waals surface area contributed by atoms with Crippen molar-refractivity contribution in [3.8, 4) is 0 Å². The Labute approximate surface area is 98.4 Å². The van der Waals surface area contributed by atoms with E-state index < -0.39 is 0 Å². The van der Waals surface area contributed by atoms with Gasteiger partial charge in [0.15, 0.2) is 0 Å². The fourth-order valence-electron chi connectivity index (χ4n) is 2.57. The minimum atomic E-state index is 0.704. The molecule has 1 aliphatic heterocycles. The molecule has 2 N–H and O–H groups in total. The van der Waals surface area contributed by atoms with Gasteiger partial charge in [-0.1, -0.05) is 13.0 Å². The fraction of sp³-hybridized carbons (Fsp3) is 0.571. The molecular formula is C14H22N2. The number of piperidine rings is 1. The first-order chi connectivity index (χ1) is 7.72. The van der Waals surface area contributed by atoms with Crippen molar-refractivity contribution in [2.45, 2.75) is 45.6 Å². The molecule has 1 aliphatic rings. The first-order valence-electron chi connectivity index (χ1n) is 6.35. The van der Waals surface area contributed by atoms with Crippen LogP contribution in [0.1, 0.15) is 38.2 Å². The molecule has 1 heterocycles. The molecule has 1 aromatic carbocycles. The van der Waals surface area contributed by atoms with E-state index >= 15 is 0 Å². The zero-order chi connectivity index (χ0) is 11.5. The second kappa shape index (κ2) is 4.77. The SMILES string of the molecule is CCC1CCCCN1c1ccc(C)c(N)c1. The van der Waals surface area contributed by atoms with E-state index in [9.17, 15) is 0 Å². The summed E-state index contributed by atoms with van der Waals surface area (Å²) >= 11 is 0. The van der Waals surface area contributed by atoms with Gasteiger partial charge in [0.05, 0.1) is 0 Å². The summed E-state index contributed by atoms with van der Waals surface area (Å²) in [5.74, 6) is 0. The minimum Gasteiger partial charge on any atom is -0.398 e. The summed E-state index contributed by atoms with van der Waals surface area (Å²) < 4.78 is 0. The molecule has 1 aromatic rings. The number of rotatable bonds is 2. The molecule has 0 amide bonds. The number of hydrogen-bond donors (Lipinski definition) is 1. The summed E-state index contributed by atoms with van der Waals surface area (Å²) in [4.78, 5) is 2.53. The number of aryl methyl sites for hydroxylation is 1. The molecule has 2 heteroatoms. The van der Waals surface area contributed by atoms with Gasteiger partial charge in [0.1, 0.15) is 0 Å². The van der Waals surface area contributed by atoms with E-state index in [0.717, 1.165) is 5.69 Å². The van der Waals surface area contributed by atoms with Gasteiger partial charge in [-0.15, -0.1) is 0 Å².